The first-order valence-electron chi connectivity index (χ1n) is 5.23. The van der Waals surface area contributed by atoms with Crippen molar-refractivity contribution in [1.29, 1.82) is 0 Å². The van der Waals surface area contributed by atoms with Crippen LogP contribution in [0.2, 0.25) is 0 Å². The van der Waals surface area contributed by atoms with Gasteiger partial charge in [0.15, 0.2) is 0 Å². The van der Waals surface area contributed by atoms with Crippen molar-refractivity contribution in [2.75, 3.05) is 0 Å². The van der Waals surface area contributed by atoms with Crippen LogP contribution >= 0.6 is 0 Å². The maximum Gasteiger partial charge on any atom is 0.253 e. The van der Waals surface area contributed by atoms with Gasteiger partial charge in [0.25, 0.3) is 5.56 Å². The smallest absolute Gasteiger partial charge is 0.253 e. The van der Waals surface area contributed by atoms with Crippen molar-refractivity contribution in [3.8, 4) is 0 Å². The first-order valence-corrected chi connectivity index (χ1v) is 5.23. The molecule has 1 heterocycles. The zero-order valence-electron chi connectivity index (χ0n) is 9.47. The van der Waals surface area contributed by atoms with Gasteiger partial charge in [0.1, 0.15) is 0 Å². The van der Waals surface area contributed by atoms with Gasteiger partial charge in [-0.05, 0) is 25.0 Å². The Labute approximate surface area is 94.4 Å². The van der Waals surface area contributed by atoms with Crippen LogP contribution in [0.1, 0.15) is 16.7 Å². The van der Waals surface area contributed by atoms with Crippen molar-refractivity contribution < 1.29 is 0 Å². The highest BCUT2D eigenvalue weighted by Gasteiger charge is 2.01. The largest absolute Gasteiger partial charge is 0.295 e. The molecular weight excluding hydrogens is 200 g/mol. The quantitative estimate of drug-likeness (QED) is 0.765. The lowest BCUT2D eigenvalue weighted by Gasteiger charge is -2.08. The summed E-state index contributed by atoms with van der Waals surface area (Å²) in [6, 6.07) is 7.73. The summed E-state index contributed by atoms with van der Waals surface area (Å²) >= 11 is 0. The molecule has 1 aromatic heterocycles. The molecule has 2 rings (SSSR count). The third kappa shape index (κ3) is 2.19. The second kappa shape index (κ2) is 4.31. The molecule has 0 aliphatic carbocycles. The minimum Gasteiger partial charge on any atom is -0.295 e. The standard InChI is InChI=1S/C13H14N2O/c1-10-3-4-11(2)12(7-10)8-15-9-14-6-5-13(15)16/h3-7,9H,8H2,1-2H3. The van der Waals surface area contributed by atoms with Crippen molar-refractivity contribution in [3.05, 3.63) is 63.8 Å². The number of aromatic nitrogens is 2. The molecule has 0 spiro atoms. The minimum atomic E-state index is -0.0177. The van der Waals surface area contributed by atoms with Crippen molar-refractivity contribution >= 4 is 0 Å². The molecular formula is C13H14N2O. The van der Waals surface area contributed by atoms with Crippen LogP contribution in [-0.4, -0.2) is 9.55 Å². The SMILES string of the molecule is Cc1ccc(C)c(Cn2cnccc2=O)c1. The zero-order valence-corrected chi connectivity index (χ0v) is 9.47. The van der Waals surface area contributed by atoms with E-state index in [1.165, 1.54) is 23.4 Å². The van der Waals surface area contributed by atoms with Crippen LogP contribution in [0.5, 0.6) is 0 Å². The summed E-state index contributed by atoms with van der Waals surface area (Å²) in [6.45, 7) is 4.69. The van der Waals surface area contributed by atoms with Crippen LogP contribution in [-0.2, 0) is 6.54 Å². The van der Waals surface area contributed by atoms with Crippen LogP contribution in [0, 0.1) is 13.8 Å². The van der Waals surface area contributed by atoms with Crippen molar-refractivity contribution in [2.24, 2.45) is 0 Å². The molecule has 3 heteroatoms. The Kier molecular flexibility index (Phi) is 2.86. The van der Waals surface area contributed by atoms with Crippen molar-refractivity contribution in [3.63, 3.8) is 0 Å². The van der Waals surface area contributed by atoms with Gasteiger partial charge in [0.2, 0.25) is 0 Å². The van der Waals surface area contributed by atoms with E-state index in [0.717, 1.165) is 5.56 Å². The Balaban J connectivity index is 2.38. The van der Waals surface area contributed by atoms with E-state index in [4.69, 9.17) is 0 Å². The van der Waals surface area contributed by atoms with E-state index in [1.54, 1.807) is 10.9 Å². The average Bonchev–Trinajstić information content (AvgIpc) is 2.27. The summed E-state index contributed by atoms with van der Waals surface area (Å²) < 4.78 is 1.61. The predicted molar refractivity (Wildman–Crippen MR) is 63.5 cm³/mol. The van der Waals surface area contributed by atoms with Gasteiger partial charge in [-0.1, -0.05) is 23.8 Å². The van der Waals surface area contributed by atoms with Gasteiger partial charge in [0.05, 0.1) is 12.9 Å². The number of hydrogen-bond donors (Lipinski definition) is 0. The van der Waals surface area contributed by atoms with Crippen molar-refractivity contribution in [2.45, 2.75) is 20.4 Å². The molecule has 1 aromatic carbocycles. The molecule has 82 valence electrons. The van der Waals surface area contributed by atoms with Crippen LogP contribution in [0.4, 0.5) is 0 Å². The first kappa shape index (κ1) is 10.6. The molecule has 0 radical (unpaired) electrons. The molecule has 0 unspecified atom stereocenters. The highest BCUT2D eigenvalue weighted by Crippen LogP contribution is 2.11. The van der Waals surface area contributed by atoms with Crippen LogP contribution in [0.25, 0.3) is 0 Å². The second-order valence-electron chi connectivity index (χ2n) is 3.98. The van der Waals surface area contributed by atoms with E-state index in [1.807, 2.05) is 0 Å². The van der Waals surface area contributed by atoms with E-state index in [-0.39, 0.29) is 5.56 Å². The Morgan fingerprint density at radius 3 is 2.81 bits per heavy atom. The van der Waals surface area contributed by atoms with E-state index in [9.17, 15) is 4.79 Å². The third-order valence-corrected chi connectivity index (χ3v) is 2.64. The molecule has 16 heavy (non-hydrogen) atoms. The van der Waals surface area contributed by atoms with E-state index < -0.39 is 0 Å². The predicted octanol–water partition coefficient (Wildman–Crippen LogP) is 1.91. The normalized spacial score (nSPS) is 10.4. The average molecular weight is 214 g/mol. The summed E-state index contributed by atoms with van der Waals surface area (Å²) in [5.74, 6) is 0. The summed E-state index contributed by atoms with van der Waals surface area (Å²) in [5.41, 5.74) is 3.55. The summed E-state index contributed by atoms with van der Waals surface area (Å²) in [6.07, 6.45) is 3.09. The Bertz CT molecular complexity index is 558. The number of nitrogens with zero attached hydrogens (tertiary/aromatic N) is 2. The fourth-order valence-electron chi connectivity index (χ4n) is 1.65. The highest BCUT2D eigenvalue weighted by molar-refractivity contribution is 5.30. The second-order valence-corrected chi connectivity index (χ2v) is 3.98. The Morgan fingerprint density at radius 2 is 2.06 bits per heavy atom. The first-order chi connectivity index (χ1) is 7.66. The number of rotatable bonds is 2. The summed E-state index contributed by atoms with van der Waals surface area (Å²) in [7, 11) is 0. The van der Waals surface area contributed by atoms with Gasteiger partial charge in [-0.15, -0.1) is 0 Å². The molecule has 0 aliphatic rings. The zero-order chi connectivity index (χ0) is 11.5. The molecule has 0 bridgehead atoms. The van der Waals surface area contributed by atoms with E-state index in [2.05, 4.69) is 37.0 Å². The lowest BCUT2D eigenvalue weighted by molar-refractivity contribution is 0.732. The number of hydrogen-bond acceptors (Lipinski definition) is 2. The highest BCUT2D eigenvalue weighted by atomic mass is 16.1. The molecule has 2 aromatic rings. The van der Waals surface area contributed by atoms with E-state index in [0.29, 0.717) is 6.54 Å². The molecule has 3 nitrogen and oxygen atoms in total. The summed E-state index contributed by atoms with van der Waals surface area (Å²) in [5, 5.41) is 0. The van der Waals surface area contributed by atoms with Crippen molar-refractivity contribution in [1.82, 2.24) is 9.55 Å². The van der Waals surface area contributed by atoms with Gasteiger partial charge in [0, 0.05) is 12.3 Å². The lowest BCUT2D eigenvalue weighted by Crippen LogP contribution is -2.19. The summed E-state index contributed by atoms with van der Waals surface area (Å²) in [4.78, 5) is 15.5. The van der Waals surface area contributed by atoms with Gasteiger partial charge in [-0.2, -0.15) is 0 Å². The molecule has 0 amide bonds. The van der Waals surface area contributed by atoms with Gasteiger partial charge >= 0.3 is 0 Å². The molecule has 0 atom stereocenters. The Hall–Kier alpha value is -1.90. The van der Waals surface area contributed by atoms with E-state index >= 15 is 0 Å². The van der Waals surface area contributed by atoms with Gasteiger partial charge < -0.3 is 0 Å². The maximum absolute atomic E-state index is 11.5. The topological polar surface area (TPSA) is 34.9 Å². The molecule has 0 aliphatic heterocycles. The van der Waals surface area contributed by atoms with Gasteiger partial charge in [-0.25, -0.2) is 4.98 Å². The molecule has 0 saturated heterocycles. The fourth-order valence-corrected chi connectivity index (χ4v) is 1.65. The lowest BCUT2D eigenvalue weighted by atomic mass is 10.1. The number of benzene rings is 1. The monoisotopic (exact) mass is 214 g/mol. The third-order valence-electron chi connectivity index (χ3n) is 2.64. The maximum atomic E-state index is 11.5. The molecule has 0 N–H and O–H groups in total. The number of aryl methyl sites for hydroxylation is 2. The fraction of sp³-hybridized carbons (Fsp3) is 0.231. The van der Waals surface area contributed by atoms with Crippen LogP contribution in [0.3, 0.4) is 0 Å². The van der Waals surface area contributed by atoms with Gasteiger partial charge in [-0.3, -0.25) is 9.36 Å². The minimum absolute atomic E-state index is 0.0177. The molecule has 0 saturated carbocycles. The Morgan fingerprint density at radius 1 is 1.25 bits per heavy atom. The molecule has 0 fully saturated rings. The van der Waals surface area contributed by atoms with Crippen LogP contribution < -0.4 is 5.56 Å². The van der Waals surface area contributed by atoms with Crippen LogP contribution in [0.15, 0.2) is 41.6 Å².